The summed E-state index contributed by atoms with van der Waals surface area (Å²) in [6, 6.07) is 32.6. The number of benzene rings is 4. The molecule has 0 bridgehead atoms. The summed E-state index contributed by atoms with van der Waals surface area (Å²) in [5.41, 5.74) is 17.6. The minimum atomic E-state index is -3.92. The lowest BCUT2D eigenvalue weighted by molar-refractivity contribution is 0.403. The fraction of sp³-hybridized carbons (Fsp3) is 0.211. The maximum atomic E-state index is 9.78. The molecule has 6 aromatic rings. The van der Waals surface area contributed by atoms with E-state index in [1.807, 2.05) is 84.9 Å². The van der Waals surface area contributed by atoms with Crippen LogP contribution in [0.4, 0.5) is 5.95 Å². The Hall–Kier alpha value is -5.68. The summed E-state index contributed by atoms with van der Waals surface area (Å²) in [5.74, 6) is 0.182. The van der Waals surface area contributed by atoms with Crippen molar-refractivity contribution in [3.63, 3.8) is 0 Å². The van der Waals surface area contributed by atoms with Gasteiger partial charge in [0.1, 0.15) is 22.8 Å². The fourth-order valence-electron chi connectivity index (χ4n) is 4.45. The summed E-state index contributed by atoms with van der Waals surface area (Å²) in [7, 11) is -4.22. The number of nitrogens with two attached hydrogens (primary N) is 1. The van der Waals surface area contributed by atoms with Crippen LogP contribution < -0.4 is 11.4 Å². The first-order valence-corrected chi connectivity index (χ1v) is 19.8. The van der Waals surface area contributed by atoms with Gasteiger partial charge in [0.05, 0.1) is 23.5 Å². The van der Waals surface area contributed by atoms with E-state index in [-0.39, 0.29) is 11.6 Å². The molecule has 2 heterocycles. The van der Waals surface area contributed by atoms with Crippen LogP contribution in [-0.4, -0.2) is 71.0 Å². The molecule has 54 heavy (non-hydrogen) atoms. The predicted molar refractivity (Wildman–Crippen MR) is 209 cm³/mol. The number of aromatic nitrogens is 6. The van der Waals surface area contributed by atoms with Crippen LogP contribution >= 0.6 is 0 Å². The smallest absolute Gasteiger partial charge is 0.264 e. The topological polar surface area (TPSA) is 220 Å². The molecule has 0 fully saturated rings. The van der Waals surface area contributed by atoms with Crippen molar-refractivity contribution in [1.29, 1.82) is 5.41 Å². The van der Waals surface area contributed by atoms with Gasteiger partial charge in [-0.3, -0.25) is 9.59 Å². The number of nitrogen functional groups attached to an aromatic ring is 1. The van der Waals surface area contributed by atoms with Crippen LogP contribution in [0.2, 0.25) is 0 Å². The Bertz CT molecular complexity index is 2430. The number of aryl methyl sites for hydroxylation is 5. The summed E-state index contributed by atoms with van der Waals surface area (Å²) in [6.45, 7) is 8.22. The number of hydrogen-bond donors (Lipinski definition) is 2. The van der Waals surface area contributed by atoms with Crippen LogP contribution in [0, 0.1) is 33.1 Å². The molecular formula is C38H43N8O6S2-. The average Bonchev–Trinajstić information content (AvgIpc) is 3.10. The maximum absolute atomic E-state index is 9.78. The zero-order valence-corrected chi connectivity index (χ0v) is 32.9. The van der Waals surface area contributed by atoms with E-state index in [9.17, 15) is 8.42 Å². The third-order valence-electron chi connectivity index (χ3n) is 7.30. The summed E-state index contributed by atoms with van der Waals surface area (Å²) < 4.78 is 52.2. The van der Waals surface area contributed by atoms with Crippen LogP contribution in [0.1, 0.15) is 22.3 Å². The highest BCUT2D eigenvalue weighted by molar-refractivity contribution is 7.86. The minimum Gasteiger partial charge on any atom is -0.748 e. The van der Waals surface area contributed by atoms with Crippen LogP contribution in [0.15, 0.2) is 97.1 Å². The molecule has 3 N–H and O–H groups in total. The minimum absolute atomic E-state index is 0.145. The van der Waals surface area contributed by atoms with Crippen LogP contribution in [0.3, 0.4) is 0 Å². The Kier molecular flexibility index (Phi) is 14.9. The molecule has 0 saturated heterocycles. The Balaban J connectivity index is 0.000000229. The van der Waals surface area contributed by atoms with Crippen molar-refractivity contribution in [2.45, 2.75) is 27.7 Å². The molecule has 284 valence electrons. The van der Waals surface area contributed by atoms with Crippen molar-refractivity contribution < 1.29 is 25.6 Å². The van der Waals surface area contributed by atoms with Gasteiger partial charge in [-0.25, -0.2) is 23.1 Å². The molecule has 0 aliphatic carbocycles. The van der Waals surface area contributed by atoms with E-state index < -0.39 is 20.2 Å². The molecule has 0 atom stereocenters. The van der Waals surface area contributed by atoms with Gasteiger partial charge in [-0.05, 0) is 27.7 Å². The van der Waals surface area contributed by atoms with E-state index in [0.717, 1.165) is 58.4 Å². The zero-order chi connectivity index (χ0) is 40.2. The van der Waals surface area contributed by atoms with Gasteiger partial charge in [0.25, 0.3) is 10.1 Å². The van der Waals surface area contributed by atoms with Crippen molar-refractivity contribution in [2.75, 3.05) is 25.4 Å². The Morgan fingerprint density at radius 3 is 1.22 bits per heavy atom. The van der Waals surface area contributed by atoms with Gasteiger partial charge < -0.3 is 10.3 Å². The highest BCUT2D eigenvalue weighted by Crippen LogP contribution is 2.30. The van der Waals surface area contributed by atoms with E-state index in [4.69, 9.17) is 24.1 Å². The number of nitrogens with zero attached hydrogens (tertiary/aromatic N) is 6. The second-order valence-electron chi connectivity index (χ2n) is 12.2. The second-order valence-corrected chi connectivity index (χ2v) is 15.3. The van der Waals surface area contributed by atoms with Crippen molar-refractivity contribution in [3.05, 3.63) is 125 Å². The van der Waals surface area contributed by atoms with Gasteiger partial charge in [-0.15, -0.1) is 10.2 Å². The highest BCUT2D eigenvalue weighted by atomic mass is 32.2. The maximum Gasteiger partial charge on any atom is 0.264 e. The van der Waals surface area contributed by atoms with Gasteiger partial charge in [0.15, 0.2) is 0 Å². The lowest BCUT2D eigenvalue weighted by Crippen LogP contribution is -2.24. The summed E-state index contributed by atoms with van der Waals surface area (Å²) in [5, 5.41) is 20.6. The van der Waals surface area contributed by atoms with Gasteiger partial charge in [0, 0.05) is 35.6 Å². The fourth-order valence-corrected chi connectivity index (χ4v) is 4.45. The molecule has 14 nitrogen and oxygen atoms in total. The molecule has 4 aromatic carbocycles. The Morgan fingerprint density at radius 1 is 0.593 bits per heavy atom. The molecule has 2 aromatic heterocycles. The molecule has 6 rings (SSSR count). The lowest BCUT2D eigenvalue weighted by atomic mass is 10.0. The van der Waals surface area contributed by atoms with Gasteiger partial charge in [-0.1, -0.05) is 119 Å². The van der Waals surface area contributed by atoms with Gasteiger partial charge >= 0.3 is 0 Å². The standard InChI is InChI=1S/C18H18N4.C17H16N4.C2H6O3S.CH4O3S/c1-12-4-8-14(9-5-12)16-17(21-22(3)18(19)20-16)15-10-6-13(2)7-11-15;1-11-3-7-13(8-4-11)15-16(20-21-17(18)19-15)14-9-5-12(2)6-10-14;1-5-6(2,3)4;1-5(2,3)4/h4-11,19H,1-3H3;3-10H,1-2H3,(H2,18,19,21);1-2H3;1H3,(H,2,3,4)/p-1. The third-order valence-corrected chi connectivity index (χ3v) is 7.91. The summed E-state index contributed by atoms with van der Waals surface area (Å²) >= 11 is 0. The first kappa shape index (κ1) is 42.7. The lowest BCUT2D eigenvalue weighted by Gasteiger charge is -2.10. The number of rotatable bonds is 5. The second kappa shape index (κ2) is 18.9. The predicted octanol–water partition coefficient (Wildman–Crippen LogP) is 5.40. The number of hydrogen-bond acceptors (Lipinski definition) is 13. The van der Waals surface area contributed by atoms with E-state index in [2.05, 4.69) is 69.3 Å². The van der Waals surface area contributed by atoms with Crippen molar-refractivity contribution in [2.24, 2.45) is 7.05 Å². The van der Waals surface area contributed by atoms with Crippen molar-refractivity contribution >= 4 is 26.2 Å². The molecule has 0 aliphatic rings. The first-order valence-electron chi connectivity index (χ1n) is 16.2. The quantitative estimate of drug-likeness (QED) is 0.166. The zero-order valence-electron chi connectivity index (χ0n) is 31.3. The molecule has 0 saturated carbocycles. The third kappa shape index (κ3) is 14.0. The molecule has 0 aliphatic heterocycles. The number of nitrogens with one attached hydrogen (secondary N) is 1. The van der Waals surface area contributed by atoms with E-state index in [0.29, 0.717) is 6.26 Å². The molecule has 0 spiro atoms. The summed E-state index contributed by atoms with van der Waals surface area (Å²) in [6.07, 6.45) is 1.60. The number of anilines is 1. The Labute approximate surface area is 316 Å². The highest BCUT2D eigenvalue weighted by Gasteiger charge is 2.14. The van der Waals surface area contributed by atoms with Gasteiger partial charge in [0.2, 0.25) is 11.6 Å². The van der Waals surface area contributed by atoms with Crippen LogP contribution in [-0.2, 0) is 31.5 Å². The Morgan fingerprint density at radius 2 is 0.889 bits per heavy atom. The average molecular weight is 772 g/mol. The van der Waals surface area contributed by atoms with Crippen LogP contribution in [0.5, 0.6) is 0 Å². The monoisotopic (exact) mass is 771 g/mol. The molecule has 0 amide bonds. The van der Waals surface area contributed by atoms with Crippen LogP contribution in [0.25, 0.3) is 45.0 Å². The van der Waals surface area contributed by atoms with E-state index in [1.165, 1.54) is 26.9 Å². The largest absolute Gasteiger partial charge is 0.748 e. The SMILES string of the molecule is COS(C)(=O)=O.CS(=O)(=O)[O-].Cc1ccc(-c2nc(=N)n(C)nc2-c2ccc(C)cc2)cc1.Cc1ccc(-c2nnc(N)nc2-c2ccc(C)cc2)cc1. The summed E-state index contributed by atoms with van der Waals surface area (Å²) in [4.78, 5) is 8.81. The molecule has 0 radical (unpaired) electrons. The van der Waals surface area contributed by atoms with E-state index >= 15 is 0 Å². The molecule has 0 unspecified atom stereocenters. The van der Waals surface area contributed by atoms with Crippen molar-refractivity contribution in [1.82, 2.24) is 29.9 Å². The molecule has 16 heteroatoms. The van der Waals surface area contributed by atoms with E-state index in [1.54, 1.807) is 7.05 Å². The first-order chi connectivity index (χ1) is 25.2. The van der Waals surface area contributed by atoms with Gasteiger partial charge in [-0.2, -0.15) is 13.5 Å². The van der Waals surface area contributed by atoms with Crippen molar-refractivity contribution in [3.8, 4) is 45.0 Å². The normalized spacial score (nSPS) is 10.8. The molecular weight excluding hydrogens is 729 g/mol.